The number of hydrogen-bond donors (Lipinski definition) is 1. The van der Waals surface area contributed by atoms with Crippen LogP contribution in [-0.2, 0) is 19.3 Å². The molecule has 6 heteroatoms. The molecule has 1 aromatic carbocycles. The average Bonchev–Trinajstić information content (AvgIpc) is 2.90. The first kappa shape index (κ1) is 18.9. The van der Waals surface area contributed by atoms with Gasteiger partial charge < -0.3 is 5.32 Å². The van der Waals surface area contributed by atoms with Gasteiger partial charge in [0.25, 0.3) is 11.5 Å². The predicted molar refractivity (Wildman–Crippen MR) is 112 cm³/mol. The number of carbonyl (C=O) groups excluding carboxylic acids is 1. The van der Waals surface area contributed by atoms with Crippen LogP contribution in [0.3, 0.4) is 0 Å². The molecule has 1 aliphatic carbocycles. The van der Waals surface area contributed by atoms with Crippen LogP contribution in [0.5, 0.6) is 0 Å². The third-order valence-corrected chi connectivity index (χ3v) is 6.54. The molecular weight excluding hydrogens is 370 g/mol. The number of nitrogens with one attached hydrogen (secondary N) is 1. The van der Waals surface area contributed by atoms with Crippen LogP contribution in [-0.4, -0.2) is 21.3 Å². The van der Waals surface area contributed by atoms with Crippen LogP contribution in [0, 0.1) is 0 Å². The summed E-state index contributed by atoms with van der Waals surface area (Å²) in [5.74, 6) is -0.332. The molecule has 0 bridgehead atoms. The molecule has 1 N–H and O–H groups in total. The number of fused-ring (bicyclic) bond motifs is 3. The fourth-order valence-electron chi connectivity index (χ4n) is 3.80. The van der Waals surface area contributed by atoms with Crippen molar-refractivity contribution >= 4 is 22.2 Å². The van der Waals surface area contributed by atoms with Gasteiger partial charge in [0, 0.05) is 22.8 Å². The maximum absolute atomic E-state index is 13.0. The maximum atomic E-state index is 13.0. The molecular formula is C22H25N3O2S. The molecule has 0 spiro atoms. The number of nitrogens with zero attached hydrogens (tertiary/aromatic N) is 2. The van der Waals surface area contributed by atoms with Crippen molar-refractivity contribution in [2.24, 2.45) is 0 Å². The Morgan fingerprint density at radius 1 is 1.21 bits per heavy atom. The van der Waals surface area contributed by atoms with Gasteiger partial charge in [-0.25, -0.2) is 4.98 Å². The molecule has 146 valence electrons. The zero-order valence-corrected chi connectivity index (χ0v) is 16.9. The van der Waals surface area contributed by atoms with E-state index in [0.29, 0.717) is 4.96 Å². The largest absolute Gasteiger partial charge is 0.349 e. The Hall–Kier alpha value is -2.47. The lowest BCUT2D eigenvalue weighted by Crippen LogP contribution is -2.37. The molecule has 2 aromatic heterocycles. The number of rotatable bonds is 5. The fourth-order valence-corrected chi connectivity index (χ4v) is 4.97. The molecule has 0 aliphatic heterocycles. The summed E-state index contributed by atoms with van der Waals surface area (Å²) in [6.45, 7) is 1.97. The molecule has 1 aliphatic rings. The average molecular weight is 396 g/mol. The van der Waals surface area contributed by atoms with Gasteiger partial charge in [-0.2, -0.15) is 0 Å². The Kier molecular flexibility index (Phi) is 5.57. The van der Waals surface area contributed by atoms with E-state index in [1.165, 1.54) is 23.1 Å². The van der Waals surface area contributed by atoms with Crippen molar-refractivity contribution in [3.8, 4) is 0 Å². The summed E-state index contributed by atoms with van der Waals surface area (Å²) in [4.78, 5) is 32.1. The van der Waals surface area contributed by atoms with Crippen LogP contribution in [0.1, 0.15) is 59.1 Å². The van der Waals surface area contributed by atoms with E-state index in [9.17, 15) is 9.59 Å². The standard InChI is InChI=1S/C22H25N3O2S/c1-15(12-13-16-8-4-2-5-9-16)24-20(26)17-14-23-22-25(21(17)27)18-10-6-3-7-11-19(18)28-22/h2,4-5,8-9,14-15H,3,6-7,10-13H2,1H3,(H,24,26)/t15-/m0/s1. The smallest absolute Gasteiger partial charge is 0.271 e. The van der Waals surface area contributed by atoms with Crippen LogP contribution in [0.4, 0.5) is 0 Å². The van der Waals surface area contributed by atoms with Crippen molar-refractivity contribution in [3.63, 3.8) is 0 Å². The summed E-state index contributed by atoms with van der Waals surface area (Å²) in [5, 5.41) is 2.97. The molecule has 0 saturated carbocycles. The van der Waals surface area contributed by atoms with Crippen LogP contribution in [0.25, 0.3) is 4.96 Å². The van der Waals surface area contributed by atoms with Gasteiger partial charge in [-0.05, 0) is 51.0 Å². The Morgan fingerprint density at radius 3 is 2.82 bits per heavy atom. The lowest BCUT2D eigenvalue weighted by molar-refractivity contribution is 0.0936. The molecule has 3 aromatic rings. The highest BCUT2D eigenvalue weighted by molar-refractivity contribution is 7.17. The second kappa shape index (κ2) is 8.27. The highest BCUT2D eigenvalue weighted by Gasteiger charge is 2.21. The molecule has 28 heavy (non-hydrogen) atoms. The highest BCUT2D eigenvalue weighted by atomic mass is 32.1. The van der Waals surface area contributed by atoms with Crippen LogP contribution in [0.15, 0.2) is 41.3 Å². The normalized spacial score (nSPS) is 15.0. The molecule has 0 radical (unpaired) electrons. The maximum Gasteiger partial charge on any atom is 0.271 e. The SMILES string of the molecule is C[C@@H](CCc1ccccc1)NC(=O)c1cnc2sc3c(n2c1=O)CCCCC3. The van der Waals surface area contributed by atoms with Crippen molar-refractivity contribution < 1.29 is 4.79 Å². The number of hydrogen-bond acceptors (Lipinski definition) is 4. The minimum absolute atomic E-state index is 0.0209. The van der Waals surface area contributed by atoms with E-state index >= 15 is 0 Å². The van der Waals surface area contributed by atoms with Gasteiger partial charge in [0.2, 0.25) is 0 Å². The van der Waals surface area contributed by atoms with E-state index in [4.69, 9.17) is 0 Å². The summed E-state index contributed by atoms with van der Waals surface area (Å²) >= 11 is 1.59. The van der Waals surface area contributed by atoms with Crippen molar-refractivity contribution in [2.75, 3.05) is 0 Å². The highest BCUT2D eigenvalue weighted by Crippen LogP contribution is 2.27. The minimum atomic E-state index is -0.332. The number of benzene rings is 1. The summed E-state index contributed by atoms with van der Waals surface area (Å²) in [6, 6.07) is 10.2. The lowest BCUT2D eigenvalue weighted by Gasteiger charge is -2.13. The number of aromatic nitrogens is 2. The van der Waals surface area contributed by atoms with E-state index < -0.39 is 0 Å². The summed E-state index contributed by atoms with van der Waals surface area (Å²) < 4.78 is 1.68. The molecule has 0 unspecified atom stereocenters. The van der Waals surface area contributed by atoms with E-state index in [1.54, 1.807) is 15.7 Å². The van der Waals surface area contributed by atoms with Gasteiger partial charge >= 0.3 is 0 Å². The zero-order chi connectivity index (χ0) is 19.5. The summed E-state index contributed by atoms with van der Waals surface area (Å²) in [7, 11) is 0. The van der Waals surface area contributed by atoms with Crippen molar-refractivity contribution in [1.29, 1.82) is 0 Å². The Bertz CT molecular complexity index is 1040. The van der Waals surface area contributed by atoms with Crippen molar-refractivity contribution in [3.05, 3.63) is 68.6 Å². The van der Waals surface area contributed by atoms with Crippen molar-refractivity contribution in [1.82, 2.24) is 14.7 Å². The second-order valence-electron chi connectivity index (χ2n) is 7.53. The third kappa shape index (κ3) is 3.87. The topological polar surface area (TPSA) is 63.5 Å². The Morgan fingerprint density at radius 2 is 2.00 bits per heavy atom. The number of thiazole rings is 1. The number of carbonyl (C=O) groups is 1. The van der Waals surface area contributed by atoms with Gasteiger partial charge in [0.15, 0.2) is 4.96 Å². The predicted octanol–water partition coefficient (Wildman–Crippen LogP) is 3.78. The van der Waals surface area contributed by atoms with Crippen molar-refractivity contribution in [2.45, 2.75) is 57.9 Å². The first-order valence-electron chi connectivity index (χ1n) is 10.0. The first-order chi connectivity index (χ1) is 13.6. The molecule has 1 amide bonds. The molecule has 0 fully saturated rings. The molecule has 1 atom stereocenters. The monoisotopic (exact) mass is 395 g/mol. The quantitative estimate of drug-likeness (QED) is 0.669. The first-order valence-corrected chi connectivity index (χ1v) is 10.8. The van der Waals surface area contributed by atoms with Gasteiger partial charge in [-0.3, -0.25) is 14.0 Å². The van der Waals surface area contributed by atoms with Gasteiger partial charge in [-0.1, -0.05) is 36.8 Å². The van der Waals surface area contributed by atoms with E-state index in [0.717, 1.165) is 44.2 Å². The minimum Gasteiger partial charge on any atom is -0.349 e. The van der Waals surface area contributed by atoms with Gasteiger partial charge in [-0.15, -0.1) is 11.3 Å². The zero-order valence-electron chi connectivity index (χ0n) is 16.1. The molecule has 4 rings (SSSR count). The van der Waals surface area contributed by atoms with Crippen LogP contribution < -0.4 is 10.9 Å². The summed E-state index contributed by atoms with van der Waals surface area (Å²) in [6.07, 6.45) is 8.45. The number of aryl methyl sites for hydroxylation is 3. The van der Waals surface area contributed by atoms with Crippen LogP contribution >= 0.6 is 11.3 Å². The van der Waals surface area contributed by atoms with E-state index in [2.05, 4.69) is 22.4 Å². The second-order valence-corrected chi connectivity index (χ2v) is 8.59. The van der Waals surface area contributed by atoms with Gasteiger partial charge in [0.05, 0.1) is 0 Å². The van der Waals surface area contributed by atoms with Gasteiger partial charge in [0.1, 0.15) is 5.56 Å². The Balaban J connectivity index is 1.51. The molecule has 2 heterocycles. The van der Waals surface area contributed by atoms with E-state index in [-0.39, 0.29) is 23.1 Å². The number of amides is 1. The Labute approximate surface area is 168 Å². The van der Waals surface area contributed by atoms with Crippen LogP contribution in [0.2, 0.25) is 0 Å². The lowest BCUT2D eigenvalue weighted by atomic mass is 10.1. The van der Waals surface area contributed by atoms with E-state index in [1.807, 2.05) is 25.1 Å². The third-order valence-electron chi connectivity index (χ3n) is 5.38. The molecule has 5 nitrogen and oxygen atoms in total. The summed E-state index contributed by atoms with van der Waals surface area (Å²) in [5.41, 5.74) is 2.19. The molecule has 0 saturated heterocycles. The fraction of sp³-hybridized carbons (Fsp3) is 0.409.